The second kappa shape index (κ2) is 5.32. The largest absolute Gasteiger partial charge is 0.480 e. The molecule has 0 bridgehead atoms. The molecule has 0 radical (unpaired) electrons. The molecule has 1 heterocycles. The van der Waals surface area contributed by atoms with E-state index in [1.54, 1.807) is 0 Å². The molecule has 1 atom stereocenters. The van der Waals surface area contributed by atoms with Crippen molar-refractivity contribution in [3.63, 3.8) is 0 Å². The highest BCUT2D eigenvalue weighted by molar-refractivity contribution is 5.69. The Labute approximate surface area is 85.5 Å². The molecule has 1 fully saturated rings. The van der Waals surface area contributed by atoms with Crippen LogP contribution in [0.25, 0.3) is 0 Å². The lowest BCUT2D eigenvalue weighted by Gasteiger charge is -2.19. The average Bonchev–Trinajstić information content (AvgIpc) is 2.26. The monoisotopic (exact) mass is 200 g/mol. The number of carbonyl (C=O) groups is 1. The SMILES string of the molecule is CCN1CCN(CC(=O)O)CC(C)C1. The fraction of sp³-hybridized carbons (Fsp3) is 0.900. The Morgan fingerprint density at radius 3 is 2.50 bits per heavy atom. The lowest BCUT2D eigenvalue weighted by Crippen LogP contribution is -2.34. The van der Waals surface area contributed by atoms with Crippen LogP contribution in [0.5, 0.6) is 0 Å². The molecule has 82 valence electrons. The fourth-order valence-electron chi connectivity index (χ4n) is 2.03. The maximum atomic E-state index is 10.6. The maximum Gasteiger partial charge on any atom is 0.317 e. The molecule has 1 aliphatic rings. The molecular formula is C10H20N2O2. The fourth-order valence-corrected chi connectivity index (χ4v) is 2.03. The van der Waals surface area contributed by atoms with E-state index in [-0.39, 0.29) is 6.54 Å². The predicted octanol–water partition coefficient (Wildman–Crippen LogP) is 0.345. The molecule has 0 aromatic rings. The van der Waals surface area contributed by atoms with E-state index in [4.69, 9.17) is 5.11 Å². The molecule has 4 heteroatoms. The normalized spacial score (nSPS) is 26.0. The molecule has 1 unspecified atom stereocenters. The van der Waals surface area contributed by atoms with Gasteiger partial charge in [0.25, 0.3) is 0 Å². The van der Waals surface area contributed by atoms with Crippen LogP contribution in [-0.2, 0) is 4.79 Å². The summed E-state index contributed by atoms with van der Waals surface area (Å²) in [6.07, 6.45) is 0. The van der Waals surface area contributed by atoms with Crippen LogP contribution < -0.4 is 0 Å². The zero-order chi connectivity index (χ0) is 10.6. The third-order valence-electron chi connectivity index (χ3n) is 2.68. The molecule has 1 aliphatic heterocycles. The number of rotatable bonds is 3. The van der Waals surface area contributed by atoms with Crippen molar-refractivity contribution >= 4 is 5.97 Å². The minimum Gasteiger partial charge on any atom is -0.480 e. The summed E-state index contributed by atoms with van der Waals surface area (Å²) in [5, 5.41) is 8.71. The van der Waals surface area contributed by atoms with Gasteiger partial charge in [0, 0.05) is 26.2 Å². The van der Waals surface area contributed by atoms with Crippen molar-refractivity contribution in [2.75, 3.05) is 39.3 Å². The summed E-state index contributed by atoms with van der Waals surface area (Å²) in [6, 6.07) is 0. The predicted molar refractivity (Wildman–Crippen MR) is 55.4 cm³/mol. The quantitative estimate of drug-likeness (QED) is 0.713. The first-order chi connectivity index (χ1) is 6.61. The molecule has 4 nitrogen and oxygen atoms in total. The van der Waals surface area contributed by atoms with E-state index < -0.39 is 5.97 Å². The molecular weight excluding hydrogens is 180 g/mol. The molecule has 1 rings (SSSR count). The van der Waals surface area contributed by atoms with Crippen LogP contribution in [0.1, 0.15) is 13.8 Å². The van der Waals surface area contributed by atoms with Gasteiger partial charge in [-0.15, -0.1) is 0 Å². The number of hydrogen-bond acceptors (Lipinski definition) is 3. The van der Waals surface area contributed by atoms with Crippen molar-refractivity contribution < 1.29 is 9.90 Å². The van der Waals surface area contributed by atoms with Crippen molar-refractivity contribution in [3.05, 3.63) is 0 Å². The van der Waals surface area contributed by atoms with E-state index in [2.05, 4.69) is 18.7 Å². The summed E-state index contributed by atoms with van der Waals surface area (Å²) in [4.78, 5) is 15.0. The molecule has 0 aromatic carbocycles. The van der Waals surface area contributed by atoms with E-state index in [1.807, 2.05) is 4.90 Å². The van der Waals surface area contributed by atoms with Crippen LogP contribution in [-0.4, -0.2) is 60.1 Å². The number of carboxylic acids is 1. The van der Waals surface area contributed by atoms with Crippen LogP contribution in [0.3, 0.4) is 0 Å². The van der Waals surface area contributed by atoms with E-state index in [1.165, 1.54) is 0 Å². The van der Waals surface area contributed by atoms with Gasteiger partial charge in [-0.25, -0.2) is 0 Å². The standard InChI is InChI=1S/C10H20N2O2/c1-3-11-4-5-12(8-10(13)14)7-9(2)6-11/h9H,3-8H2,1-2H3,(H,13,14). The first kappa shape index (κ1) is 11.5. The molecule has 14 heavy (non-hydrogen) atoms. The third kappa shape index (κ3) is 3.64. The Morgan fingerprint density at radius 1 is 1.36 bits per heavy atom. The van der Waals surface area contributed by atoms with Crippen LogP contribution >= 0.6 is 0 Å². The number of carboxylic acid groups (broad SMARTS) is 1. The van der Waals surface area contributed by atoms with Gasteiger partial charge in [0.15, 0.2) is 0 Å². The van der Waals surface area contributed by atoms with Crippen LogP contribution in [0.15, 0.2) is 0 Å². The van der Waals surface area contributed by atoms with Gasteiger partial charge in [0.2, 0.25) is 0 Å². The Hall–Kier alpha value is -0.610. The summed E-state index contributed by atoms with van der Waals surface area (Å²) < 4.78 is 0. The number of hydrogen-bond donors (Lipinski definition) is 1. The zero-order valence-electron chi connectivity index (χ0n) is 9.07. The highest BCUT2D eigenvalue weighted by atomic mass is 16.4. The van der Waals surface area contributed by atoms with E-state index >= 15 is 0 Å². The van der Waals surface area contributed by atoms with Gasteiger partial charge in [-0.1, -0.05) is 13.8 Å². The van der Waals surface area contributed by atoms with Crippen LogP contribution in [0.4, 0.5) is 0 Å². The maximum absolute atomic E-state index is 10.6. The number of aliphatic carboxylic acids is 1. The molecule has 0 amide bonds. The Bertz CT molecular complexity index is 197. The van der Waals surface area contributed by atoms with Crippen molar-refractivity contribution in [3.8, 4) is 0 Å². The minimum absolute atomic E-state index is 0.182. The van der Waals surface area contributed by atoms with Crippen molar-refractivity contribution in [1.82, 2.24) is 9.80 Å². The van der Waals surface area contributed by atoms with Gasteiger partial charge in [0.1, 0.15) is 0 Å². The molecule has 0 spiro atoms. The summed E-state index contributed by atoms with van der Waals surface area (Å²) in [5.74, 6) is -0.154. The zero-order valence-corrected chi connectivity index (χ0v) is 9.07. The van der Waals surface area contributed by atoms with Crippen LogP contribution in [0.2, 0.25) is 0 Å². The van der Waals surface area contributed by atoms with Crippen molar-refractivity contribution in [1.29, 1.82) is 0 Å². The van der Waals surface area contributed by atoms with Crippen molar-refractivity contribution in [2.45, 2.75) is 13.8 Å². The van der Waals surface area contributed by atoms with Gasteiger partial charge in [-0.2, -0.15) is 0 Å². The third-order valence-corrected chi connectivity index (χ3v) is 2.68. The highest BCUT2D eigenvalue weighted by Gasteiger charge is 2.19. The summed E-state index contributed by atoms with van der Waals surface area (Å²) in [5.41, 5.74) is 0. The lowest BCUT2D eigenvalue weighted by molar-refractivity contribution is -0.138. The number of likely N-dealkylation sites (N-methyl/N-ethyl adjacent to an activating group) is 1. The minimum atomic E-state index is -0.720. The molecule has 0 saturated carbocycles. The molecule has 0 aliphatic carbocycles. The Morgan fingerprint density at radius 2 is 1.93 bits per heavy atom. The van der Waals surface area contributed by atoms with Gasteiger partial charge < -0.3 is 10.0 Å². The molecule has 0 aromatic heterocycles. The average molecular weight is 200 g/mol. The second-order valence-electron chi connectivity index (χ2n) is 4.13. The first-order valence-corrected chi connectivity index (χ1v) is 5.28. The van der Waals surface area contributed by atoms with E-state index in [0.29, 0.717) is 5.92 Å². The lowest BCUT2D eigenvalue weighted by atomic mass is 10.1. The summed E-state index contributed by atoms with van der Waals surface area (Å²) in [6.45, 7) is 9.45. The van der Waals surface area contributed by atoms with Gasteiger partial charge in [-0.3, -0.25) is 9.69 Å². The summed E-state index contributed by atoms with van der Waals surface area (Å²) in [7, 11) is 0. The van der Waals surface area contributed by atoms with E-state index in [0.717, 1.165) is 32.7 Å². The topological polar surface area (TPSA) is 43.8 Å². The van der Waals surface area contributed by atoms with Gasteiger partial charge in [0.05, 0.1) is 6.54 Å². The second-order valence-corrected chi connectivity index (χ2v) is 4.13. The van der Waals surface area contributed by atoms with Crippen molar-refractivity contribution in [2.24, 2.45) is 5.92 Å². The smallest absolute Gasteiger partial charge is 0.317 e. The summed E-state index contributed by atoms with van der Waals surface area (Å²) >= 11 is 0. The Kier molecular flexibility index (Phi) is 4.35. The van der Waals surface area contributed by atoms with Gasteiger partial charge >= 0.3 is 5.97 Å². The molecule has 1 saturated heterocycles. The van der Waals surface area contributed by atoms with Crippen LogP contribution in [0, 0.1) is 5.92 Å². The van der Waals surface area contributed by atoms with E-state index in [9.17, 15) is 4.79 Å². The molecule has 1 N–H and O–H groups in total. The number of nitrogens with zero attached hydrogens (tertiary/aromatic N) is 2. The Balaban J connectivity index is 2.44. The highest BCUT2D eigenvalue weighted by Crippen LogP contribution is 2.08. The van der Waals surface area contributed by atoms with Gasteiger partial charge in [-0.05, 0) is 12.5 Å². The first-order valence-electron chi connectivity index (χ1n) is 5.28.